The second kappa shape index (κ2) is 5.61. The van der Waals surface area contributed by atoms with Crippen molar-refractivity contribution < 1.29 is 4.92 Å². The first-order valence-corrected chi connectivity index (χ1v) is 5.60. The summed E-state index contributed by atoms with van der Waals surface area (Å²) in [6.07, 6.45) is 2.04. The lowest BCUT2D eigenvalue weighted by atomic mass is 9.89. The first kappa shape index (κ1) is 12.6. The molecular weight excluding hydrogens is 204 g/mol. The lowest BCUT2D eigenvalue weighted by Crippen LogP contribution is -2.20. The Kier molecular flexibility index (Phi) is 4.43. The van der Waals surface area contributed by atoms with Crippen molar-refractivity contribution >= 4 is 5.69 Å². The van der Waals surface area contributed by atoms with Gasteiger partial charge in [0.1, 0.15) is 0 Å². The van der Waals surface area contributed by atoms with Gasteiger partial charge in [-0.15, -0.1) is 0 Å². The minimum atomic E-state index is -0.396. The summed E-state index contributed by atoms with van der Waals surface area (Å²) in [5, 5.41) is 10.5. The lowest BCUT2D eigenvalue weighted by Gasteiger charge is -2.21. The number of rotatable bonds is 5. The number of hydrogen-bond acceptors (Lipinski definition) is 3. The van der Waals surface area contributed by atoms with Crippen LogP contribution in [0.3, 0.4) is 0 Å². The molecule has 1 unspecified atom stereocenters. The molecule has 0 saturated heterocycles. The van der Waals surface area contributed by atoms with Gasteiger partial charge in [0.05, 0.1) is 4.92 Å². The highest BCUT2D eigenvalue weighted by atomic mass is 16.6. The van der Waals surface area contributed by atoms with E-state index >= 15 is 0 Å². The third kappa shape index (κ3) is 2.79. The zero-order valence-corrected chi connectivity index (χ0v) is 9.72. The van der Waals surface area contributed by atoms with Crippen molar-refractivity contribution in [2.75, 3.05) is 0 Å². The van der Waals surface area contributed by atoms with Crippen LogP contribution in [0.2, 0.25) is 0 Å². The predicted molar refractivity (Wildman–Crippen MR) is 64.1 cm³/mol. The van der Waals surface area contributed by atoms with Gasteiger partial charge in [0.15, 0.2) is 0 Å². The predicted octanol–water partition coefficient (Wildman–Crippen LogP) is 3.03. The lowest BCUT2D eigenvalue weighted by molar-refractivity contribution is -0.384. The van der Waals surface area contributed by atoms with Gasteiger partial charge < -0.3 is 5.73 Å². The largest absolute Gasteiger partial charge is 0.324 e. The molecule has 0 bridgehead atoms. The van der Waals surface area contributed by atoms with Gasteiger partial charge in [-0.3, -0.25) is 10.1 Å². The molecule has 16 heavy (non-hydrogen) atoms. The van der Waals surface area contributed by atoms with E-state index in [-0.39, 0.29) is 11.7 Å². The Labute approximate surface area is 95.6 Å². The maximum Gasteiger partial charge on any atom is 0.269 e. The van der Waals surface area contributed by atoms with Gasteiger partial charge in [-0.1, -0.05) is 38.8 Å². The molecule has 0 aliphatic rings. The van der Waals surface area contributed by atoms with E-state index in [4.69, 9.17) is 5.73 Å². The van der Waals surface area contributed by atoms with Crippen LogP contribution < -0.4 is 5.73 Å². The summed E-state index contributed by atoms with van der Waals surface area (Å²) in [4.78, 5) is 10.1. The van der Waals surface area contributed by atoms with Gasteiger partial charge in [0.2, 0.25) is 0 Å². The monoisotopic (exact) mass is 222 g/mol. The molecule has 4 heteroatoms. The van der Waals surface area contributed by atoms with E-state index in [9.17, 15) is 10.1 Å². The summed E-state index contributed by atoms with van der Waals surface area (Å²) in [7, 11) is 0. The fourth-order valence-corrected chi connectivity index (χ4v) is 1.89. The van der Waals surface area contributed by atoms with Crippen LogP contribution in [-0.4, -0.2) is 4.92 Å². The number of nitro groups is 1. The smallest absolute Gasteiger partial charge is 0.269 e. The highest BCUT2D eigenvalue weighted by Gasteiger charge is 2.16. The summed E-state index contributed by atoms with van der Waals surface area (Å²) in [6, 6.07) is 6.49. The average Bonchev–Trinajstić information content (AvgIpc) is 2.30. The molecule has 4 nitrogen and oxygen atoms in total. The van der Waals surface area contributed by atoms with Crippen molar-refractivity contribution in [3.05, 3.63) is 39.9 Å². The number of nitro benzene ring substituents is 1. The highest BCUT2D eigenvalue weighted by molar-refractivity contribution is 5.34. The number of hydrogen-bond donors (Lipinski definition) is 1. The number of benzene rings is 1. The van der Waals surface area contributed by atoms with Crippen LogP contribution in [0.15, 0.2) is 24.3 Å². The molecule has 0 amide bonds. The molecule has 1 rings (SSSR count). The van der Waals surface area contributed by atoms with Gasteiger partial charge in [-0.25, -0.2) is 0 Å². The SMILES string of the molecule is CCC(CC)C(N)c1ccc([N+](=O)[O-])cc1. The number of nitrogens with two attached hydrogens (primary N) is 1. The van der Waals surface area contributed by atoms with Crippen molar-refractivity contribution in [2.45, 2.75) is 32.7 Å². The van der Waals surface area contributed by atoms with Crippen molar-refractivity contribution in [1.82, 2.24) is 0 Å². The molecule has 0 aliphatic carbocycles. The Hall–Kier alpha value is -1.42. The molecule has 1 aromatic carbocycles. The summed E-state index contributed by atoms with van der Waals surface area (Å²) >= 11 is 0. The van der Waals surface area contributed by atoms with Crippen LogP contribution >= 0.6 is 0 Å². The first-order chi connectivity index (χ1) is 7.60. The molecule has 2 N–H and O–H groups in total. The zero-order valence-electron chi connectivity index (χ0n) is 9.72. The quantitative estimate of drug-likeness (QED) is 0.615. The third-order valence-electron chi connectivity index (χ3n) is 3.05. The molecule has 0 heterocycles. The fraction of sp³-hybridized carbons (Fsp3) is 0.500. The van der Waals surface area contributed by atoms with E-state index in [2.05, 4.69) is 13.8 Å². The number of nitrogens with zero attached hydrogens (tertiary/aromatic N) is 1. The van der Waals surface area contributed by atoms with E-state index in [0.717, 1.165) is 18.4 Å². The Balaban J connectivity index is 2.84. The molecular formula is C12H18N2O2. The average molecular weight is 222 g/mol. The number of non-ortho nitro benzene ring substituents is 1. The van der Waals surface area contributed by atoms with Crippen LogP contribution in [0.25, 0.3) is 0 Å². The fourth-order valence-electron chi connectivity index (χ4n) is 1.89. The second-order valence-electron chi connectivity index (χ2n) is 3.95. The molecule has 0 spiro atoms. The Morgan fingerprint density at radius 2 is 1.75 bits per heavy atom. The summed E-state index contributed by atoms with van der Waals surface area (Å²) < 4.78 is 0. The standard InChI is InChI=1S/C12H18N2O2/c1-3-9(4-2)12(13)10-5-7-11(8-6-10)14(15)16/h5-9,12H,3-4,13H2,1-2H3. The van der Waals surface area contributed by atoms with Gasteiger partial charge >= 0.3 is 0 Å². The summed E-state index contributed by atoms with van der Waals surface area (Å²) in [6.45, 7) is 4.22. The summed E-state index contributed by atoms with van der Waals surface area (Å²) in [5.74, 6) is 0.432. The summed E-state index contributed by atoms with van der Waals surface area (Å²) in [5.41, 5.74) is 7.20. The third-order valence-corrected chi connectivity index (χ3v) is 3.05. The molecule has 0 saturated carbocycles. The van der Waals surface area contributed by atoms with Gasteiger partial charge in [0.25, 0.3) is 5.69 Å². The first-order valence-electron chi connectivity index (χ1n) is 5.60. The van der Waals surface area contributed by atoms with Crippen LogP contribution in [0.4, 0.5) is 5.69 Å². The van der Waals surface area contributed by atoms with E-state index < -0.39 is 4.92 Å². The van der Waals surface area contributed by atoms with E-state index in [0.29, 0.717) is 5.92 Å². The van der Waals surface area contributed by atoms with Crippen LogP contribution in [0.5, 0.6) is 0 Å². The Morgan fingerprint density at radius 3 is 2.12 bits per heavy atom. The molecule has 1 atom stereocenters. The molecule has 0 aromatic heterocycles. The van der Waals surface area contributed by atoms with Gasteiger partial charge in [-0.05, 0) is 11.5 Å². The topological polar surface area (TPSA) is 69.2 Å². The van der Waals surface area contributed by atoms with Crippen molar-refractivity contribution in [1.29, 1.82) is 0 Å². The van der Waals surface area contributed by atoms with E-state index in [1.165, 1.54) is 12.1 Å². The van der Waals surface area contributed by atoms with E-state index in [1.54, 1.807) is 12.1 Å². The van der Waals surface area contributed by atoms with Crippen molar-refractivity contribution in [2.24, 2.45) is 11.7 Å². The minimum Gasteiger partial charge on any atom is -0.324 e. The molecule has 0 aliphatic heterocycles. The van der Waals surface area contributed by atoms with Crippen molar-refractivity contribution in [3.63, 3.8) is 0 Å². The van der Waals surface area contributed by atoms with Crippen LogP contribution in [-0.2, 0) is 0 Å². The van der Waals surface area contributed by atoms with Gasteiger partial charge in [-0.2, -0.15) is 0 Å². The van der Waals surface area contributed by atoms with Crippen LogP contribution in [0, 0.1) is 16.0 Å². The molecule has 0 radical (unpaired) electrons. The van der Waals surface area contributed by atoms with Crippen LogP contribution in [0.1, 0.15) is 38.3 Å². The highest BCUT2D eigenvalue weighted by Crippen LogP contribution is 2.26. The molecule has 1 aromatic rings. The molecule has 0 fully saturated rings. The molecule has 88 valence electrons. The Bertz CT molecular complexity index is 345. The maximum atomic E-state index is 10.5. The Morgan fingerprint density at radius 1 is 1.25 bits per heavy atom. The minimum absolute atomic E-state index is 0.0317. The van der Waals surface area contributed by atoms with Crippen molar-refractivity contribution in [3.8, 4) is 0 Å². The van der Waals surface area contributed by atoms with Gasteiger partial charge in [0, 0.05) is 18.2 Å². The normalized spacial score (nSPS) is 12.8. The van der Waals surface area contributed by atoms with E-state index in [1.807, 2.05) is 0 Å². The maximum absolute atomic E-state index is 10.5. The zero-order chi connectivity index (χ0) is 12.1. The second-order valence-corrected chi connectivity index (χ2v) is 3.95.